The molecule has 1 fully saturated rings. The van der Waals surface area contributed by atoms with Crippen molar-refractivity contribution in [3.05, 3.63) is 60.2 Å². The number of carbonyl (C=O) groups excluding carboxylic acids is 1. The van der Waals surface area contributed by atoms with Gasteiger partial charge in [0.2, 0.25) is 5.91 Å². The number of alkyl halides is 1. The van der Waals surface area contributed by atoms with Crippen LogP contribution in [0.2, 0.25) is 0 Å². The van der Waals surface area contributed by atoms with E-state index < -0.39 is 17.5 Å². The zero-order valence-corrected chi connectivity index (χ0v) is 16.2. The van der Waals surface area contributed by atoms with Crippen LogP contribution >= 0.6 is 11.8 Å². The number of hydrogen-bond acceptors (Lipinski definition) is 4. The molecule has 4 unspecified atom stereocenters. The molecule has 4 nitrogen and oxygen atoms in total. The standard InChI is InChI=1S/C21H24FNO3S/c1-14(15-8-10-17(26-2)11-9-15)23-13-16(12-19(23)24)20(25)21(22)27-18-6-4-3-5-7-18/h3-11,14,16,20-21,25H,12-13H2,1-2H3. The molecule has 6 heteroatoms. The molecular formula is C21H24FNO3S. The minimum atomic E-state index is -1.47. The Morgan fingerprint density at radius 3 is 2.48 bits per heavy atom. The van der Waals surface area contributed by atoms with Gasteiger partial charge in [-0.25, -0.2) is 4.39 Å². The normalized spacial score (nSPS) is 20.4. The van der Waals surface area contributed by atoms with E-state index in [9.17, 15) is 14.3 Å². The lowest BCUT2D eigenvalue weighted by Crippen LogP contribution is -2.33. The Hall–Kier alpha value is -2.05. The fourth-order valence-corrected chi connectivity index (χ4v) is 4.27. The van der Waals surface area contributed by atoms with Crippen molar-refractivity contribution in [2.75, 3.05) is 13.7 Å². The molecule has 1 aliphatic rings. The van der Waals surface area contributed by atoms with Crippen molar-refractivity contribution < 1.29 is 19.0 Å². The molecule has 0 spiro atoms. The summed E-state index contributed by atoms with van der Waals surface area (Å²) in [5.74, 6) is 0.286. The predicted octanol–water partition coefficient (Wildman–Crippen LogP) is 4.05. The van der Waals surface area contributed by atoms with Gasteiger partial charge < -0.3 is 14.7 Å². The molecule has 27 heavy (non-hydrogen) atoms. The molecule has 1 amide bonds. The fraction of sp³-hybridized carbons (Fsp3) is 0.381. The van der Waals surface area contributed by atoms with Gasteiger partial charge in [0.05, 0.1) is 19.3 Å². The van der Waals surface area contributed by atoms with E-state index in [1.807, 2.05) is 61.5 Å². The molecule has 1 aliphatic heterocycles. The number of hydrogen-bond donors (Lipinski definition) is 1. The number of benzene rings is 2. The predicted molar refractivity (Wildman–Crippen MR) is 104 cm³/mol. The van der Waals surface area contributed by atoms with Gasteiger partial charge in [-0.2, -0.15) is 0 Å². The number of carbonyl (C=O) groups is 1. The van der Waals surface area contributed by atoms with Gasteiger partial charge in [0.25, 0.3) is 0 Å². The van der Waals surface area contributed by atoms with Gasteiger partial charge in [-0.05, 0) is 36.8 Å². The van der Waals surface area contributed by atoms with E-state index in [0.717, 1.165) is 28.0 Å². The van der Waals surface area contributed by atoms with E-state index in [4.69, 9.17) is 4.74 Å². The highest BCUT2D eigenvalue weighted by Crippen LogP contribution is 2.35. The molecule has 1 saturated heterocycles. The summed E-state index contributed by atoms with van der Waals surface area (Å²) in [4.78, 5) is 14.9. The quantitative estimate of drug-likeness (QED) is 0.726. The average Bonchev–Trinajstić information content (AvgIpc) is 3.09. The molecule has 0 aromatic heterocycles. The zero-order chi connectivity index (χ0) is 19.4. The van der Waals surface area contributed by atoms with Gasteiger partial charge in [0.15, 0.2) is 5.50 Å². The maximum Gasteiger partial charge on any atom is 0.223 e. The van der Waals surface area contributed by atoms with Crippen LogP contribution in [0.1, 0.15) is 24.9 Å². The van der Waals surface area contributed by atoms with E-state index >= 15 is 0 Å². The molecular weight excluding hydrogens is 365 g/mol. The Labute approximate surface area is 163 Å². The van der Waals surface area contributed by atoms with Crippen molar-refractivity contribution in [3.63, 3.8) is 0 Å². The second-order valence-corrected chi connectivity index (χ2v) is 7.89. The molecule has 0 saturated carbocycles. The highest BCUT2D eigenvalue weighted by atomic mass is 32.2. The summed E-state index contributed by atoms with van der Waals surface area (Å²) in [6, 6.07) is 16.6. The first-order valence-electron chi connectivity index (χ1n) is 8.97. The lowest BCUT2D eigenvalue weighted by atomic mass is 10.0. The first kappa shape index (κ1) is 19.7. The van der Waals surface area contributed by atoms with Gasteiger partial charge in [-0.1, -0.05) is 42.1 Å². The third-order valence-corrected chi connectivity index (χ3v) is 6.05. The molecule has 1 N–H and O–H groups in total. The van der Waals surface area contributed by atoms with Crippen molar-refractivity contribution in [1.29, 1.82) is 0 Å². The number of rotatable bonds is 7. The lowest BCUT2D eigenvalue weighted by Gasteiger charge is -2.27. The minimum absolute atomic E-state index is 0.0562. The monoisotopic (exact) mass is 389 g/mol. The van der Waals surface area contributed by atoms with E-state index in [-0.39, 0.29) is 18.4 Å². The van der Waals surface area contributed by atoms with Crippen molar-refractivity contribution >= 4 is 17.7 Å². The Morgan fingerprint density at radius 2 is 1.85 bits per heavy atom. The summed E-state index contributed by atoms with van der Waals surface area (Å²) in [6.07, 6.45) is -1.02. The molecule has 3 rings (SSSR count). The van der Waals surface area contributed by atoms with Gasteiger partial charge >= 0.3 is 0 Å². The number of methoxy groups -OCH3 is 1. The Kier molecular flexibility index (Phi) is 6.39. The Bertz CT molecular complexity index is 756. The maximum atomic E-state index is 14.6. The number of aliphatic hydroxyl groups excluding tert-OH is 1. The molecule has 144 valence electrons. The summed E-state index contributed by atoms with van der Waals surface area (Å²) >= 11 is 0.989. The summed E-state index contributed by atoms with van der Waals surface area (Å²) < 4.78 is 19.7. The summed E-state index contributed by atoms with van der Waals surface area (Å²) in [5.41, 5.74) is -0.490. The molecule has 2 aromatic carbocycles. The van der Waals surface area contributed by atoms with E-state index in [2.05, 4.69) is 0 Å². The molecule has 0 radical (unpaired) electrons. The molecule has 4 atom stereocenters. The maximum absolute atomic E-state index is 14.6. The average molecular weight is 389 g/mol. The first-order chi connectivity index (χ1) is 13.0. The topological polar surface area (TPSA) is 49.8 Å². The Morgan fingerprint density at radius 1 is 1.19 bits per heavy atom. The lowest BCUT2D eigenvalue weighted by molar-refractivity contribution is -0.129. The van der Waals surface area contributed by atoms with E-state index in [1.54, 1.807) is 12.0 Å². The second-order valence-electron chi connectivity index (χ2n) is 6.73. The van der Waals surface area contributed by atoms with Gasteiger partial charge in [-0.3, -0.25) is 4.79 Å². The highest BCUT2D eigenvalue weighted by molar-refractivity contribution is 7.99. The first-order valence-corrected chi connectivity index (χ1v) is 9.85. The number of halogens is 1. The second kappa shape index (κ2) is 8.76. The third-order valence-electron chi connectivity index (χ3n) is 5.00. The van der Waals surface area contributed by atoms with Crippen molar-refractivity contribution in [3.8, 4) is 5.75 Å². The minimum Gasteiger partial charge on any atom is -0.497 e. The van der Waals surface area contributed by atoms with Crippen LogP contribution in [-0.4, -0.2) is 41.2 Å². The number of aliphatic hydroxyl groups is 1. The summed E-state index contributed by atoms with van der Waals surface area (Å²) in [5, 5.41) is 10.4. The highest BCUT2D eigenvalue weighted by Gasteiger charge is 2.40. The van der Waals surface area contributed by atoms with Crippen LogP contribution in [0.5, 0.6) is 5.75 Å². The summed E-state index contributed by atoms with van der Waals surface area (Å²) in [6.45, 7) is 2.29. The fourth-order valence-electron chi connectivity index (χ4n) is 3.34. The van der Waals surface area contributed by atoms with Crippen LogP contribution in [0, 0.1) is 5.92 Å². The van der Waals surface area contributed by atoms with Crippen LogP contribution in [0.25, 0.3) is 0 Å². The molecule has 1 heterocycles. The van der Waals surface area contributed by atoms with Crippen LogP contribution in [0.3, 0.4) is 0 Å². The van der Waals surface area contributed by atoms with Crippen molar-refractivity contribution in [1.82, 2.24) is 4.90 Å². The Balaban J connectivity index is 1.63. The van der Waals surface area contributed by atoms with Crippen LogP contribution in [0.4, 0.5) is 4.39 Å². The van der Waals surface area contributed by atoms with Crippen LogP contribution in [-0.2, 0) is 4.79 Å². The van der Waals surface area contributed by atoms with E-state index in [0.29, 0.717) is 6.54 Å². The van der Waals surface area contributed by atoms with Crippen LogP contribution in [0.15, 0.2) is 59.5 Å². The number of nitrogens with zero attached hydrogens (tertiary/aromatic N) is 1. The van der Waals surface area contributed by atoms with Gasteiger partial charge in [0, 0.05) is 23.8 Å². The van der Waals surface area contributed by atoms with Crippen molar-refractivity contribution in [2.45, 2.75) is 35.9 Å². The third kappa shape index (κ3) is 4.62. The summed E-state index contributed by atoms with van der Waals surface area (Å²) in [7, 11) is 1.61. The zero-order valence-electron chi connectivity index (χ0n) is 15.4. The van der Waals surface area contributed by atoms with E-state index in [1.165, 1.54) is 0 Å². The largest absolute Gasteiger partial charge is 0.497 e. The van der Waals surface area contributed by atoms with Gasteiger partial charge in [0.1, 0.15) is 5.75 Å². The SMILES string of the molecule is COc1ccc(C(C)N2CC(C(O)C(F)Sc3ccccc3)CC2=O)cc1. The number of thioether (sulfide) groups is 1. The number of amides is 1. The molecule has 2 aromatic rings. The smallest absolute Gasteiger partial charge is 0.223 e. The molecule has 0 aliphatic carbocycles. The number of ether oxygens (including phenoxy) is 1. The van der Waals surface area contributed by atoms with Gasteiger partial charge in [-0.15, -0.1) is 0 Å². The van der Waals surface area contributed by atoms with Crippen molar-refractivity contribution in [2.24, 2.45) is 5.92 Å². The van der Waals surface area contributed by atoms with Crippen LogP contribution < -0.4 is 4.74 Å². The molecule has 0 bridgehead atoms. The number of likely N-dealkylation sites (tertiary alicyclic amines) is 1.